The van der Waals surface area contributed by atoms with Crippen molar-refractivity contribution in [1.29, 1.82) is 0 Å². The second-order valence-electron chi connectivity index (χ2n) is 4.13. The van der Waals surface area contributed by atoms with E-state index in [1.54, 1.807) is 0 Å². The fraction of sp³-hybridized carbons (Fsp3) is 0.455. The van der Waals surface area contributed by atoms with E-state index in [0.717, 1.165) is 25.8 Å². The zero-order chi connectivity index (χ0) is 12.4. The maximum Gasteiger partial charge on any atom is 0.271 e. The van der Waals surface area contributed by atoms with Crippen LogP contribution in [-0.2, 0) is 0 Å². The van der Waals surface area contributed by atoms with Crippen LogP contribution in [0.3, 0.4) is 0 Å². The molecule has 1 aliphatic rings. The minimum atomic E-state index is -0.448. The van der Waals surface area contributed by atoms with Crippen LogP contribution >= 0.6 is 28.3 Å². The van der Waals surface area contributed by atoms with Crippen molar-refractivity contribution in [1.82, 2.24) is 5.32 Å². The van der Waals surface area contributed by atoms with Crippen molar-refractivity contribution >= 4 is 34.0 Å². The van der Waals surface area contributed by atoms with Gasteiger partial charge >= 0.3 is 0 Å². The van der Waals surface area contributed by atoms with E-state index in [2.05, 4.69) is 21.2 Å². The van der Waals surface area contributed by atoms with Gasteiger partial charge in [0, 0.05) is 23.7 Å². The molecule has 5 nitrogen and oxygen atoms in total. The molecule has 1 aliphatic heterocycles. The first-order chi connectivity index (χ1) is 8.09. The monoisotopic (exact) mass is 336 g/mol. The van der Waals surface area contributed by atoms with E-state index in [4.69, 9.17) is 0 Å². The number of halogens is 2. The zero-order valence-corrected chi connectivity index (χ0v) is 12.0. The summed E-state index contributed by atoms with van der Waals surface area (Å²) in [6, 6.07) is 2.77. The molecule has 0 unspecified atom stereocenters. The molecule has 1 saturated heterocycles. The van der Waals surface area contributed by atoms with Gasteiger partial charge in [-0.25, -0.2) is 0 Å². The molecule has 0 spiro atoms. The molecule has 1 aromatic carbocycles. The highest BCUT2D eigenvalue weighted by molar-refractivity contribution is 9.10. The van der Waals surface area contributed by atoms with Crippen LogP contribution in [0.15, 0.2) is 16.6 Å². The Kier molecular flexibility index (Phi) is 5.37. The Hall–Kier alpha value is -0.850. The molecule has 0 aromatic heterocycles. The topological polar surface area (TPSA) is 75.4 Å². The normalized spacial score (nSPS) is 19.1. The first kappa shape index (κ1) is 15.2. The molecule has 0 amide bonds. The van der Waals surface area contributed by atoms with Crippen LogP contribution in [0.1, 0.15) is 30.9 Å². The van der Waals surface area contributed by atoms with E-state index in [1.807, 2.05) is 0 Å². The summed E-state index contributed by atoms with van der Waals surface area (Å²) >= 11 is 3.15. The van der Waals surface area contributed by atoms with Gasteiger partial charge in [-0.05, 0) is 35.3 Å². The Morgan fingerprint density at radius 2 is 2.17 bits per heavy atom. The number of hydrogen-bond acceptors (Lipinski definition) is 4. The molecule has 0 saturated carbocycles. The molecule has 1 heterocycles. The third-order valence-electron chi connectivity index (χ3n) is 2.97. The Balaban J connectivity index is 0.00000162. The van der Waals surface area contributed by atoms with Gasteiger partial charge in [0.05, 0.1) is 9.40 Å². The van der Waals surface area contributed by atoms with Crippen molar-refractivity contribution in [2.45, 2.75) is 25.3 Å². The SMILES string of the molecule is Cl.O=[N+]([O-])c1cc(Br)c(O)c([C@@H]2CCCCN2)c1. The highest BCUT2D eigenvalue weighted by atomic mass is 79.9. The average Bonchev–Trinajstić information content (AvgIpc) is 2.33. The van der Waals surface area contributed by atoms with Crippen molar-refractivity contribution < 1.29 is 10.0 Å². The number of nitro groups is 1. The number of nitro benzene ring substituents is 1. The van der Waals surface area contributed by atoms with E-state index < -0.39 is 4.92 Å². The van der Waals surface area contributed by atoms with Gasteiger partial charge in [0.1, 0.15) is 5.75 Å². The van der Waals surface area contributed by atoms with Gasteiger partial charge in [-0.3, -0.25) is 10.1 Å². The Bertz CT molecular complexity index is 450. The van der Waals surface area contributed by atoms with Gasteiger partial charge in [0.15, 0.2) is 0 Å². The lowest BCUT2D eigenvalue weighted by atomic mass is 9.96. The number of nitrogens with zero attached hydrogens (tertiary/aromatic N) is 1. The van der Waals surface area contributed by atoms with Gasteiger partial charge in [-0.15, -0.1) is 12.4 Å². The molecule has 0 radical (unpaired) electrons. The summed E-state index contributed by atoms with van der Waals surface area (Å²) in [6.07, 6.45) is 3.06. The highest BCUT2D eigenvalue weighted by Gasteiger charge is 2.22. The minimum Gasteiger partial charge on any atom is -0.506 e. The molecule has 1 atom stereocenters. The molecule has 2 rings (SSSR count). The summed E-state index contributed by atoms with van der Waals surface area (Å²) in [5, 5.41) is 24.0. The maximum atomic E-state index is 10.8. The van der Waals surface area contributed by atoms with Crippen LogP contribution < -0.4 is 5.32 Å². The lowest BCUT2D eigenvalue weighted by Crippen LogP contribution is -2.26. The van der Waals surface area contributed by atoms with Crippen molar-refractivity contribution in [3.8, 4) is 5.75 Å². The second-order valence-corrected chi connectivity index (χ2v) is 4.98. The molecule has 1 fully saturated rings. The van der Waals surface area contributed by atoms with Crippen LogP contribution in [0, 0.1) is 10.1 Å². The van der Waals surface area contributed by atoms with Gasteiger partial charge in [-0.2, -0.15) is 0 Å². The fourth-order valence-electron chi connectivity index (χ4n) is 2.09. The minimum absolute atomic E-state index is 0. The largest absolute Gasteiger partial charge is 0.506 e. The van der Waals surface area contributed by atoms with Gasteiger partial charge in [0.25, 0.3) is 5.69 Å². The van der Waals surface area contributed by atoms with Crippen LogP contribution in [0.4, 0.5) is 5.69 Å². The van der Waals surface area contributed by atoms with Gasteiger partial charge < -0.3 is 10.4 Å². The van der Waals surface area contributed by atoms with Crippen molar-refractivity contribution in [3.05, 3.63) is 32.3 Å². The molecular formula is C11H14BrClN2O3. The molecule has 100 valence electrons. The number of phenols is 1. The van der Waals surface area contributed by atoms with Gasteiger partial charge in [0.2, 0.25) is 0 Å². The number of nitrogens with one attached hydrogen (secondary N) is 1. The lowest BCUT2D eigenvalue weighted by Gasteiger charge is -2.24. The molecule has 0 aliphatic carbocycles. The molecule has 0 bridgehead atoms. The Labute approximate surface area is 119 Å². The number of rotatable bonds is 2. The summed E-state index contributed by atoms with van der Waals surface area (Å²) in [5.74, 6) is 0.0926. The van der Waals surface area contributed by atoms with Crippen molar-refractivity contribution in [2.24, 2.45) is 0 Å². The number of phenolic OH excluding ortho intramolecular Hbond substituents is 1. The van der Waals surface area contributed by atoms with Crippen molar-refractivity contribution in [3.63, 3.8) is 0 Å². The summed E-state index contributed by atoms with van der Waals surface area (Å²) in [7, 11) is 0. The third-order valence-corrected chi connectivity index (χ3v) is 3.58. The number of non-ortho nitro benzene ring substituents is 1. The van der Waals surface area contributed by atoms with Crippen LogP contribution in [0.25, 0.3) is 0 Å². The molecule has 1 aromatic rings. The molecule has 2 N–H and O–H groups in total. The van der Waals surface area contributed by atoms with E-state index in [1.165, 1.54) is 12.1 Å². The van der Waals surface area contributed by atoms with E-state index in [9.17, 15) is 15.2 Å². The second kappa shape index (κ2) is 6.36. The van der Waals surface area contributed by atoms with E-state index in [-0.39, 0.29) is 29.9 Å². The van der Waals surface area contributed by atoms with Gasteiger partial charge in [-0.1, -0.05) is 6.42 Å². The molecule has 18 heavy (non-hydrogen) atoms. The molecular weight excluding hydrogens is 323 g/mol. The lowest BCUT2D eigenvalue weighted by molar-refractivity contribution is -0.385. The van der Waals surface area contributed by atoms with E-state index >= 15 is 0 Å². The Morgan fingerprint density at radius 3 is 2.72 bits per heavy atom. The van der Waals surface area contributed by atoms with Crippen LogP contribution in [-0.4, -0.2) is 16.6 Å². The van der Waals surface area contributed by atoms with Crippen molar-refractivity contribution in [2.75, 3.05) is 6.54 Å². The summed E-state index contributed by atoms with van der Waals surface area (Å²) in [5.41, 5.74) is 0.600. The number of piperidine rings is 1. The predicted octanol–water partition coefficient (Wildman–Crippen LogP) is 3.30. The number of aromatic hydroxyl groups is 1. The first-order valence-corrected chi connectivity index (χ1v) is 6.29. The van der Waals surface area contributed by atoms with Crippen LogP contribution in [0.5, 0.6) is 5.75 Å². The highest BCUT2D eigenvalue weighted by Crippen LogP contribution is 2.38. The number of hydrogen-bond donors (Lipinski definition) is 2. The fourth-order valence-corrected chi connectivity index (χ4v) is 2.56. The Morgan fingerprint density at radius 1 is 1.44 bits per heavy atom. The summed E-state index contributed by atoms with van der Waals surface area (Å²) in [4.78, 5) is 10.3. The standard InChI is InChI=1S/C11H13BrN2O3.ClH/c12-9-6-7(14(16)17)5-8(11(9)15)10-3-1-2-4-13-10;/h5-6,10,13,15H,1-4H2;1H/t10-;/m0./s1. The summed E-state index contributed by atoms with van der Waals surface area (Å²) < 4.78 is 0.370. The smallest absolute Gasteiger partial charge is 0.271 e. The third kappa shape index (κ3) is 3.13. The quantitative estimate of drug-likeness (QED) is 0.641. The van der Waals surface area contributed by atoms with E-state index in [0.29, 0.717) is 10.0 Å². The number of benzene rings is 1. The molecule has 7 heteroatoms. The van der Waals surface area contributed by atoms with Crippen LogP contribution in [0.2, 0.25) is 0 Å². The maximum absolute atomic E-state index is 10.8. The zero-order valence-electron chi connectivity index (χ0n) is 9.56. The summed E-state index contributed by atoms with van der Waals surface area (Å²) in [6.45, 7) is 0.879. The first-order valence-electron chi connectivity index (χ1n) is 5.50. The average molecular weight is 338 g/mol. The predicted molar refractivity (Wildman–Crippen MR) is 74.3 cm³/mol.